The second-order valence-electron chi connectivity index (χ2n) is 6.97. The van der Waals surface area contributed by atoms with Crippen LogP contribution in [0.2, 0.25) is 0 Å². The molecule has 1 aromatic carbocycles. The molecule has 0 spiro atoms. The van der Waals surface area contributed by atoms with Crippen molar-refractivity contribution in [1.29, 1.82) is 0 Å². The predicted molar refractivity (Wildman–Crippen MR) is 112 cm³/mol. The number of nitrogens with zero attached hydrogens (tertiary/aromatic N) is 3. The molecule has 0 bridgehead atoms. The molecule has 3 rings (SSSR count). The summed E-state index contributed by atoms with van der Waals surface area (Å²) in [7, 11) is 1.62. The van der Waals surface area contributed by atoms with Gasteiger partial charge in [-0.15, -0.1) is 11.3 Å². The molecule has 28 heavy (non-hydrogen) atoms. The average molecular weight is 397 g/mol. The molecule has 1 amide bonds. The van der Waals surface area contributed by atoms with Crippen LogP contribution in [-0.4, -0.2) is 27.2 Å². The van der Waals surface area contributed by atoms with E-state index in [2.05, 4.69) is 34.5 Å². The topological polar surface area (TPSA) is 76.9 Å². The number of carbonyl (C=O) groups excluding carboxylic acids is 1. The van der Waals surface area contributed by atoms with Crippen LogP contribution in [0.3, 0.4) is 0 Å². The molecule has 2 heterocycles. The van der Waals surface area contributed by atoms with Crippen molar-refractivity contribution in [3.8, 4) is 10.6 Å². The van der Waals surface area contributed by atoms with Gasteiger partial charge in [-0.2, -0.15) is 5.10 Å². The lowest BCUT2D eigenvalue weighted by molar-refractivity contribution is 0.0955. The van der Waals surface area contributed by atoms with Crippen LogP contribution in [0.1, 0.15) is 45.0 Å². The van der Waals surface area contributed by atoms with Crippen LogP contribution >= 0.6 is 11.3 Å². The molecule has 146 valence electrons. The highest BCUT2D eigenvalue weighted by molar-refractivity contribution is 7.17. The first-order valence-corrected chi connectivity index (χ1v) is 9.96. The predicted octanol–water partition coefficient (Wildman–Crippen LogP) is 3.36. The van der Waals surface area contributed by atoms with E-state index < -0.39 is 0 Å². The molecule has 7 heteroatoms. The second-order valence-corrected chi connectivity index (χ2v) is 7.97. The van der Waals surface area contributed by atoms with Gasteiger partial charge in [-0.3, -0.25) is 9.59 Å². The molecule has 6 nitrogen and oxygen atoms in total. The number of carbonyl (C=O) groups is 1. The molecule has 1 unspecified atom stereocenters. The molecule has 1 N–H and O–H groups in total. The third-order valence-corrected chi connectivity index (χ3v) is 6.05. The van der Waals surface area contributed by atoms with Crippen LogP contribution < -0.4 is 10.9 Å². The third kappa shape index (κ3) is 3.89. The summed E-state index contributed by atoms with van der Waals surface area (Å²) in [5, 5.41) is 7.75. The lowest BCUT2D eigenvalue weighted by Gasteiger charge is -2.12. The number of amides is 1. The van der Waals surface area contributed by atoms with Crippen molar-refractivity contribution in [3.05, 3.63) is 68.1 Å². The first-order chi connectivity index (χ1) is 13.3. The maximum atomic E-state index is 12.7. The summed E-state index contributed by atoms with van der Waals surface area (Å²) in [5.74, 6) is 0.0412. The molecule has 0 radical (unpaired) electrons. The largest absolute Gasteiger partial charge is 0.351 e. The van der Waals surface area contributed by atoms with Gasteiger partial charge in [-0.1, -0.05) is 37.3 Å². The average Bonchev–Trinajstić information content (AvgIpc) is 3.06. The van der Waals surface area contributed by atoms with Gasteiger partial charge in [0.25, 0.3) is 11.5 Å². The lowest BCUT2D eigenvalue weighted by Crippen LogP contribution is -2.27. The van der Waals surface area contributed by atoms with Gasteiger partial charge in [0, 0.05) is 13.6 Å². The molecule has 0 aliphatic heterocycles. The molecular formula is C21H24N4O2S. The Balaban J connectivity index is 1.83. The summed E-state index contributed by atoms with van der Waals surface area (Å²) >= 11 is 1.25. The Hall–Kier alpha value is -2.80. The standard InChI is InChI=1S/C21H24N4O2S/c1-12(16-9-7-6-8-10-16)11-22-19(26)18-15(4)23-20(28-18)17-13(2)14(3)24-25(5)21(17)27/h6-10,12H,11H2,1-5H3,(H,22,26). The number of hydrogen-bond donors (Lipinski definition) is 1. The Morgan fingerprint density at radius 3 is 2.54 bits per heavy atom. The normalized spacial score (nSPS) is 12.0. The summed E-state index contributed by atoms with van der Waals surface area (Å²) in [6, 6.07) is 10.1. The SMILES string of the molecule is Cc1nc(-c2c(C)c(C)nn(C)c2=O)sc1C(=O)NCC(C)c1ccccc1. The minimum atomic E-state index is -0.207. The zero-order valence-electron chi connectivity index (χ0n) is 16.7. The fraction of sp³-hybridized carbons (Fsp3) is 0.333. The van der Waals surface area contributed by atoms with Gasteiger partial charge in [-0.25, -0.2) is 9.67 Å². The fourth-order valence-electron chi connectivity index (χ4n) is 3.04. The Bertz CT molecular complexity index is 1070. The van der Waals surface area contributed by atoms with E-state index in [9.17, 15) is 9.59 Å². The van der Waals surface area contributed by atoms with E-state index in [0.717, 1.165) is 11.3 Å². The van der Waals surface area contributed by atoms with Gasteiger partial charge >= 0.3 is 0 Å². The van der Waals surface area contributed by atoms with Crippen LogP contribution in [0.25, 0.3) is 10.6 Å². The van der Waals surface area contributed by atoms with Crippen molar-refractivity contribution in [2.45, 2.75) is 33.6 Å². The van der Waals surface area contributed by atoms with Crippen LogP contribution in [0, 0.1) is 20.8 Å². The minimum absolute atomic E-state index is 0.163. The second kappa shape index (κ2) is 8.06. The molecule has 0 aliphatic rings. The van der Waals surface area contributed by atoms with Gasteiger partial charge in [0.05, 0.1) is 17.0 Å². The number of thiazole rings is 1. The number of hydrogen-bond acceptors (Lipinski definition) is 5. The van der Waals surface area contributed by atoms with Gasteiger partial charge in [0.1, 0.15) is 9.88 Å². The number of aromatic nitrogens is 3. The Labute approximate surface area is 168 Å². The molecule has 0 saturated heterocycles. The van der Waals surface area contributed by atoms with Crippen molar-refractivity contribution < 1.29 is 4.79 Å². The number of rotatable bonds is 5. The minimum Gasteiger partial charge on any atom is -0.351 e. The van der Waals surface area contributed by atoms with Crippen LogP contribution in [0.5, 0.6) is 0 Å². The van der Waals surface area contributed by atoms with Gasteiger partial charge in [0.2, 0.25) is 0 Å². The van der Waals surface area contributed by atoms with Gasteiger partial charge in [0.15, 0.2) is 0 Å². The van der Waals surface area contributed by atoms with E-state index in [-0.39, 0.29) is 17.4 Å². The maximum Gasteiger partial charge on any atom is 0.277 e. The van der Waals surface area contributed by atoms with E-state index in [1.54, 1.807) is 14.0 Å². The molecule has 2 aromatic heterocycles. The smallest absolute Gasteiger partial charge is 0.277 e. The van der Waals surface area contributed by atoms with E-state index in [4.69, 9.17) is 0 Å². The molecule has 0 aliphatic carbocycles. The van der Waals surface area contributed by atoms with E-state index in [1.807, 2.05) is 32.0 Å². The van der Waals surface area contributed by atoms with Crippen LogP contribution in [0.15, 0.2) is 35.1 Å². The molecule has 1 atom stereocenters. The molecule has 3 aromatic rings. The van der Waals surface area contributed by atoms with Crippen molar-refractivity contribution >= 4 is 17.2 Å². The first kappa shape index (κ1) is 19.9. The zero-order valence-corrected chi connectivity index (χ0v) is 17.6. The molecular weight excluding hydrogens is 372 g/mol. The molecule has 0 fully saturated rings. The number of benzene rings is 1. The Morgan fingerprint density at radius 2 is 1.86 bits per heavy atom. The fourth-order valence-corrected chi connectivity index (χ4v) is 4.12. The summed E-state index contributed by atoms with van der Waals surface area (Å²) in [6.45, 7) is 8.12. The summed E-state index contributed by atoms with van der Waals surface area (Å²) < 4.78 is 1.32. The summed E-state index contributed by atoms with van der Waals surface area (Å²) in [5.41, 5.74) is 3.67. The van der Waals surface area contributed by atoms with E-state index in [0.29, 0.717) is 27.7 Å². The zero-order chi connectivity index (χ0) is 20.4. The quantitative estimate of drug-likeness (QED) is 0.717. The number of nitrogens with one attached hydrogen (secondary N) is 1. The first-order valence-electron chi connectivity index (χ1n) is 9.15. The highest BCUT2D eigenvalue weighted by Crippen LogP contribution is 2.28. The number of aryl methyl sites for hydroxylation is 3. The van der Waals surface area contributed by atoms with Crippen LogP contribution in [0.4, 0.5) is 0 Å². The van der Waals surface area contributed by atoms with Crippen molar-refractivity contribution in [1.82, 2.24) is 20.1 Å². The maximum absolute atomic E-state index is 12.7. The highest BCUT2D eigenvalue weighted by Gasteiger charge is 2.21. The van der Waals surface area contributed by atoms with Crippen molar-refractivity contribution in [3.63, 3.8) is 0 Å². The van der Waals surface area contributed by atoms with E-state index >= 15 is 0 Å². The van der Waals surface area contributed by atoms with Crippen LogP contribution in [-0.2, 0) is 7.05 Å². The summed E-state index contributed by atoms with van der Waals surface area (Å²) in [4.78, 5) is 30.3. The van der Waals surface area contributed by atoms with Gasteiger partial charge < -0.3 is 5.32 Å². The van der Waals surface area contributed by atoms with Gasteiger partial charge in [-0.05, 0) is 37.8 Å². The van der Waals surface area contributed by atoms with Crippen molar-refractivity contribution in [2.24, 2.45) is 7.05 Å². The van der Waals surface area contributed by atoms with Crippen molar-refractivity contribution in [2.75, 3.05) is 6.54 Å². The Morgan fingerprint density at radius 1 is 1.18 bits per heavy atom. The Kier molecular flexibility index (Phi) is 5.74. The monoisotopic (exact) mass is 396 g/mol. The lowest BCUT2D eigenvalue weighted by atomic mass is 10.0. The molecule has 0 saturated carbocycles. The summed E-state index contributed by atoms with van der Waals surface area (Å²) in [6.07, 6.45) is 0. The highest BCUT2D eigenvalue weighted by atomic mass is 32.1. The van der Waals surface area contributed by atoms with E-state index in [1.165, 1.54) is 21.6 Å². The third-order valence-electron chi connectivity index (χ3n) is 4.88.